The minimum absolute atomic E-state index is 0. The first-order chi connectivity index (χ1) is 14.1. The van der Waals surface area contributed by atoms with Crippen molar-refractivity contribution >= 4 is 41.7 Å². The smallest absolute Gasteiger partial charge is 0.220 e. The second kappa shape index (κ2) is 12.3. The lowest BCUT2D eigenvalue weighted by atomic mass is 9.93. The molecular formula is C22H37IN6O. The number of anilines is 1. The molecular weight excluding hydrogens is 491 g/mol. The molecule has 2 aliphatic rings. The number of carbonyl (C=O) groups excluding carboxylic acids is 1. The van der Waals surface area contributed by atoms with E-state index in [1.807, 2.05) is 13.2 Å². The summed E-state index contributed by atoms with van der Waals surface area (Å²) in [7, 11) is 3.54. The molecule has 1 aromatic rings. The van der Waals surface area contributed by atoms with Crippen LogP contribution < -0.4 is 15.5 Å². The van der Waals surface area contributed by atoms with E-state index in [4.69, 9.17) is 0 Å². The average molecular weight is 528 g/mol. The first-order valence-corrected chi connectivity index (χ1v) is 10.9. The van der Waals surface area contributed by atoms with Crippen molar-refractivity contribution in [1.82, 2.24) is 20.5 Å². The molecule has 0 unspecified atom stereocenters. The van der Waals surface area contributed by atoms with Crippen molar-refractivity contribution in [3.8, 4) is 0 Å². The maximum Gasteiger partial charge on any atom is 0.220 e. The van der Waals surface area contributed by atoms with Gasteiger partial charge in [0.1, 0.15) is 5.82 Å². The van der Waals surface area contributed by atoms with E-state index < -0.39 is 0 Å². The van der Waals surface area contributed by atoms with Gasteiger partial charge in [-0.3, -0.25) is 9.79 Å². The van der Waals surface area contributed by atoms with Crippen LogP contribution in [0.25, 0.3) is 0 Å². The van der Waals surface area contributed by atoms with Crippen LogP contribution >= 0.6 is 24.0 Å². The molecule has 2 N–H and O–H groups in total. The van der Waals surface area contributed by atoms with Crippen LogP contribution in [0.3, 0.4) is 0 Å². The summed E-state index contributed by atoms with van der Waals surface area (Å²) in [6.07, 6.45) is 7.16. The van der Waals surface area contributed by atoms with Gasteiger partial charge in [-0.05, 0) is 49.1 Å². The van der Waals surface area contributed by atoms with Crippen LogP contribution in [0, 0.1) is 11.8 Å². The predicted molar refractivity (Wildman–Crippen MR) is 133 cm³/mol. The summed E-state index contributed by atoms with van der Waals surface area (Å²) in [6, 6.07) is 4.30. The molecule has 1 aromatic heterocycles. The van der Waals surface area contributed by atoms with Gasteiger partial charge in [-0.2, -0.15) is 0 Å². The zero-order valence-electron chi connectivity index (χ0n) is 18.6. The standard InChI is InChI=1S/C22H36N6O.HI/c1-17-6-10-27(11-7-17)20-5-4-19(15-25-20)16-26-22(24-3)28-12-8-18(9-13-28)14-21(29)23-2;/h4-5,15,17-18H,6-14,16H2,1-3H3,(H,23,29)(H,24,26);1H. The molecule has 3 heterocycles. The van der Waals surface area contributed by atoms with E-state index in [0.29, 0.717) is 12.3 Å². The quantitative estimate of drug-likeness (QED) is 0.350. The zero-order valence-corrected chi connectivity index (χ0v) is 20.9. The fraction of sp³-hybridized carbons (Fsp3) is 0.682. The number of rotatable bonds is 5. The van der Waals surface area contributed by atoms with Crippen molar-refractivity contribution in [2.24, 2.45) is 16.8 Å². The predicted octanol–water partition coefficient (Wildman–Crippen LogP) is 2.86. The van der Waals surface area contributed by atoms with E-state index in [1.54, 1.807) is 7.05 Å². The summed E-state index contributed by atoms with van der Waals surface area (Å²) < 4.78 is 0. The van der Waals surface area contributed by atoms with Gasteiger partial charge in [-0.25, -0.2) is 4.98 Å². The molecule has 0 aliphatic carbocycles. The SMILES string of the molecule is CN=C(NCc1ccc(N2CCC(C)CC2)nc1)N1CCC(CC(=O)NC)CC1.I. The van der Waals surface area contributed by atoms with Crippen LogP contribution in [0.2, 0.25) is 0 Å². The highest BCUT2D eigenvalue weighted by molar-refractivity contribution is 14.0. The lowest BCUT2D eigenvalue weighted by Crippen LogP contribution is -2.45. The molecule has 30 heavy (non-hydrogen) atoms. The Morgan fingerprint density at radius 1 is 1.17 bits per heavy atom. The topological polar surface area (TPSA) is 72.9 Å². The number of hydrogen-bond acceptors (Lipinski definition) is 4. The largest absolute Gasteiger partial charge is 0.359 e. The minimum Gasteiger partial charge on any atom is -0.359 e. The molecule has 8 heteroatoms. The lowest BCUT2D eigenvalue weighted by molar-refractivity contribution is -0.121. The highest BCUT2D eigenvalue weighted by Crippen LogP contribution is 2.22. The van der Waals surface area contributed by atoms with Crippen LogP contribution in [0.15, 0.2) is 23.3 Å². The van der Waals surface area contributed by atoms with Crippen LogP contribution in [0.5, 0.6) is 0 Å². The number of aromatic nitrogens is 1. The summed E-state index contributed by atoms with van der Waals surface area (Å²) in [4.78, 5) is 25.4. The fourth-order valence-corrected chi connectivity index (χ4v) is 4.17. The molecule has 0 saturated carbocycles. The molecule has 2 aliphatic heterocycles. The van der Waals surface area contributed by atoms with Gasteiger partial charge in [0.2, 0.25) is 5.91 Å². The maximum absolute atomic E-state index is 11.6. The Kier molecular flexibility index (Phi) is 10.1. The summed E-state index contributed by atoms with van der Waals surface area (Å²) in [6.45, 7) is 7.13. The third-order valence-electron chi connectivity index (χ3n) is 6.25. The van der Waals surface area contributed by atoms with E-state index in [0.717, 1.165) is 68.8 Å². The number of carbonyl (C=O) groups is 1. The third kappa shape index (κ3) is 6.99. The third-order valence-corrected chi connectivity index (χ3v) is 6.25. The second-order valence-electron chi connectivity index (χ2n) is 8.40. The molecule has 0 atom stereocenters. The molecule has 2 saturated heterocycles. The van der Waals surface area contributed by atoms with Gasteiger partial charge in [0.25, 0.3) is 0 Å². The number of piperidine rings is 2. The zero-order chi connectivity index (χ0) is 20.6. The van der Waals surface area contributed by atoms with E-state index in [-0.39, 0.29) is 29.9 Å². The first kappa shape index (κ1) is 24.7. The van der Waals surface area contributed by atoms with Gasteiger partial charge >= 0.3 is 0 Å². The van der Waals surface area contributed by atoms with Crippen molar-refractivity contribution < 1.29 is 4.79 Å². The minimum atomic E-state index is 0. The molecule has 0 spiro atoms. The average Bonchev–Trinajstić information content (AvgIpc) is 2.76. The van der Waals surface area contributed by atoms with Crippen LogP contribution in [0.4, 0.5) is 5.82 Å². The number of nitrogens with one attached hydrogen (secondary N) is 2. The molecule has 7 nitrogen and oxygen atoms in total. The number of amides is 1. The summed E-state index contributed by atoms with van der Waals surface area (Å²) in [5, 5.41) is 6.20. The van der Waals surface area contributed by atoms with Gasteiger partial charge in [-0.1, -0.05) is 13.0 Å². The molecule has 2 fully saturated rings. The van der Waals surface area contributed by atoms with Crippen molar-refractivity contribution in [1.29, 1.82) is 0 Å². The fourth-order valence-electron chi connectivity index (χ4n) is 4.17. The number of pyridine rings is 1. The van der Waals surface area contributed by atoms with Gasteiger partial charge in [-0.15, -0.1) is 24.0 Å². The number of guanidine groups is 1. The molecule has 1 amide bonds. The summed E-state index contributed by atoms with van der Waals surface area (Å²) in [5.41, 5.74) is 1.16. The van der Waals surface area contributed by atoms with Crippen molar-refractivity contribution in [2.75, 3.05) is 45.2 Å². The van der Waals surface area contributed by atoms with Crippen LogP contribution in [-0.2, 0) is 11.3 Å². The van der Waals surface area contributed by atoms with E-state index in [2.05, 4.69) is 49.5 Å². The van der Waals surface area contributed by atoms with E-state index in [1.165, 1.54) is 12.8 Å². The van der Waals surface area contributed by atoms with Crippen molar-refractivity contribution in [3.05, 3.63) is 23.9 Å². The monoisotopic (exact) mass is 528 g/mol. The van der Waals surface area contributed by atoms with Crippen molar-refractivity contribution in [3.63, 3.8) is 0 Å². The Morgan fingerprint density at radius 2 is 1.87 bits per heavy atom. The summed E-state index contributed by atoms with van der Waals surface area (Å²) in [5.74, 6) is 3.45. The number of likely N-dealkylation sites (tertiary alicyclic amines) is 1. The Hall–Kier alpha value is -1.58. The maximum atomic E-state index is 11.6. The van der Waals surface area contributed by atoms with Gasteiger partial charge in [0.15, 0.2) is 5.96 Å². The second-order valence-corrected chi connectivity index (χ2v) is 8.40. The lowest BCUT2D eigenvalue weighted by Gasteiger charge is -2.34. The molecule has 0 aromatic carbocycles. The first-order valence-electron chi connectivity index (χ1n) is 10.9. The van der Waals surface area contributed by atoms with Gasteiger partial charge in [0.05, 0.1) is 0 Å². The van der Waals surface area contributed by atoms with Gasteiger partial charge < -0.3 is 20.4 Å². The highest BCUT2D eigenvalue weighted by atomic mass is 127. The van der Waals surface area contributed by atoms with E-state index in [9.17, 15) is 4.79 Å². The Morgan fingerprint density at radius 3 is 2.43 bits per heavy atom. The van der Waals surface area contributed by atoms with Crippen molar-refractivity contribution in [2.45, 2.75) is 45.6 Å². The molecule has 168 valence electrons. The highest BCUT2D eigenvalue weighted by Gasteiger charge is 2.23. The molecule has 0 bridgehead atoms. The molecule has 3 rings (SSSR count). The number of nitrogens with zero attached hydrogens (tertiary/aromatic N) is 4. The number of hydrogen-bond donors (Lipinski definition) is 2. The molecule has 0 radical (unpaired) electrons. The summed E-state index contributed by atoms with van der Waals surface area (Å²) >= 11 is 0. The van der Waals surface area contributed by atoms with Gasteiger partial charge in [0, 0.05) is 59.4 Å². The van der Waals surface area contributed by atoms with Crippen LogP contribution in [0.1, 0.15) is 44.6 Å². The Bertz CT molecular complexity index is 679. The normalized spacial score (nSPS) is 18.7. The van der Waals surface area contributed by atoms with E-state index >= 15 is 0 Å². The van der Waals surface area contributed by atoms with Crippen LogP contribution in [-0.4, -0.2) is 62.0 Å². The number of halogens is 1. The Labute approximate surface area is 198 Å². The number of aliphatic imine (C=N–C) groups is 1. The Balaban J connectivity index is 0.00000320.